The van der Waals surface area contributed by atoms with Gasteiger partial charge in [-0.1, -0.05) is 61.9 Å². The molecule has 0 radical (unpaired) electrons. The quantitative estimate of drug-likeness (QED) is 0.482. The lowest BCUT2D eigenvalue weighted by Crippen LogP contribution is -2.20. The topological polar surface area (TPSA) is 75.1 Å². The summed E-state index contributed by atoms with van der Waals surface area (Å²) in [6.45, 7) is 2.05. The molecule has 1 aromatic heterocycles. The molecule has 0 bridgehead atoms. The fourth-order valence-electron chi connectivity index (χ4n) is 5.32. The number of phenols is 1. The summed E-state index contributed by atoms with van der Waals surface area (Å²) in [6, 6.07) is 13.6. The number of anilines is 1. The molecule has 0 saturated heterocycles. The Hall–Kier alpha value is -3.21. The Morgan fingerprint density at radius 3 is 2.62 bits per heavy atom. The van der Waals surface area contributed by atoms with Crippen LogP contribution >= 0.6 is 0 Å². The Morgan fingerprint density at radius 2 is 1.82 bits per heavy atom. The number of rotatable bonds is 6. The van der Waals surface area contributed by atoms with Crippen molar-refractivity contribution >= 4 is 11.7 Å². The molecule has 2 aliphatic carbocycles. The SMILES string of the molecule is Cc1ccc(CC(=O)Nc2nc3c(nc2CCC2CCCCC2)-c2ccc(O)cc2CC3)cc1. The molecule has 2 aromatic carbocycles. The van der Waals surface area contributed by atoms with Crippen LogP contribution in [0.25, 0.3) is 11.3 Å². The molecule has 2 aliphatic rings. The van der Waals surface area contributed by atoms with Gasteiger partial charge in [-0.2, -0.15) is 0 Å². The number of aromatic hydroxyl groups is 1. The molecule has 1 saturated carbocycles. The van der Waals surface area contributed by atoms with Crippen LogP contribution in [0.1, 0.15) is 66.6 Å². The smallest absolute Gasteiger partial charge is 0.229 e. The zero-order valence-electron chi connectivity index (χ0n) is 19.9. The van der Waals surface area contributed by atoms with E-state index in [-0.39, 0.29) is 11.7 Å². The van der Waals surface area contributed by atoms with Crippen molar-refractivity contribution in [3.8, 4) is 17.0 Å². The molecule has 0 aliphatic heterocycles. The van der Waals surface area contributed by atoms with Gasteiger partial charge >= 0.3 is 0 Å². The molecule has 5 rings (SSSR count). The van der Waals surface area contributed by atoms with Crippen LogP contribution in [0.5, 0.6) is 5.75 Å². The van der Waals surface area contributed by atoms with Gasteiger partial charge in [-0.3, -0.25) is 4.79 Å². The molecule has 176 valence electrons. The Kier molecular flexibility index (Phi) is 6.61. The molecule has 0 spiro atoms. The summed E-state index contributed by atoms with van der Waals surface area (Å²) < 4.78 is 0. The second-order valence-corrected chi connectivity index (χ2v) is 9.91. The molecule has 2 N–H and O–H groups in total. The van der Waals surface area contributed by atoms with E-state index in [0.29, 0.717) is 12.2 Å². The lowest BCUT2D eigenvalue weighted by Gasteiger charge is -2.23. The van der Waals surface area contributed by atoms with Crippen LogP contribution in [-0.2, 0) is 30.5 Å². The van der Waals surface area contributed by atoms with Crippen LogP contribution in [0.3, 0.4) is 0 Å². The Labute approximate surface area is 201 Å². The summed E-state index contributed by atoms with van der Waals surface area (Å²) in [4.78, 5) is 22.9. The van der Waals surface area contributed by atoms with Crippen molar-refractivity contribution < 1.29 is 9.90 Å². The summed E-state index contributed by atoms with van der Waals surface area (Å²) in [6.07, 6.45) is 10.3. The number of phenolic OH excluding ortho intramolecular Hbond substituents is 1. The number of benzene rings is 2. The first kappa shape index (κ1) is 22.6. The first-order chi connectivity index (χ1) is 16.5. The number of nitrogens with one attached hydrogen (secondary N) is 1. The third-order valence-corrected chi connectivity index (χ3v) is 7.27. The lowest BCUT2D eigenvalue weighted by molar-refractivity contribution is -0.115. The van der Waals surface area contributed by atoms with Crippen LogP contribution in [0.2, 0.25) is 0 Å². The van der Waals surface area contributed by atoms with Gasteiger partial charge in [0, 0.05) is 5.56 Å². The average molecular weight is 456 g/mol. The minimum Gasteiger partial charge on any atom is -0.508 e. The van der Waals surface area contributed by atoms with Crippen LogP contribution in [0.4, 0.5) is 5.82 Å². The molecule has 1 amide bonds. The zero-order chi connectivity index (χ0) is 23.5. The normalized spacial score (nSPS) is 15.4. The summed E-state index contributed by atoms with van der Waals surface area (Å²) >= 11 is 0. The van der Waals surface area contributed by atoms with Gasteiger partial charge in [-0.25, -0.2) is 9.97 Å². The minimum atomic E-state index is -0.0573. The molecule has 1 fully saturated rings. The van der Waals surface area contributed by atoms with Crippen molar-refractivity contribution in [3.05, 3.63) is 70.5 Å². The molecule has 0 atom stereocenters. The largest absolute Gasteiger partial charge is 0.508 e. The molecule has 3 aromatic rings. The van der Waals surface area contributed by atoms with E-state index in [2.05, 4.69) is 5.32 Å². The maximum absolute atomic E-state index is 12.9. The second-order valence-electron chi connectivity index (χ2n) is 9.91. The fraction of sp³-hybridized carbons (Fsp3) is 0.414. The minimum absolute atomic E-state index is 0.0573. The van der Waals surface area contributed by atoms with Crippen molar-refractivity contribution in [1.82, 2.24) is 9.97 Å². The molecule has 0 unspecified atom stereocenters. The fourth-order valence-corrected chi connectivity index (χ4v) is 5.32. The molecule has 1 heterocycles. The monoisotopic (exact) mass is 455 g/mol. The van der Waals surface area contributed by atoms with Gasteiger partial charge in [-0.15, -0.1) is 0 Å². The summed E-state index contributed by atoms with van der Waals surface area (Å²) in [7, 11) is 0. The van der Waals surface area contributed by atoms with E-state index in [9.17, 15) is 9.90 Å². The summed E-state index contributed by atoms with van der Waals surface area (Å²) in [5, 5.41) is 13.0. The number of carbonyl (C=O) groups excluding carboxylic acids is 1. The lowest BCUT2D eigenvalue weighted by atomic mass is 9.85. The number of aryl methyl sites for hydroxylation is 4. The second kappa shape index (κ2) is 9.96. The Balaban J connectivity index is 1.42. The first-order valence-corrected chi connectivity index (χ1v) is 12.6. The van der Waals surface area contributed by atoms with E-state index in [1.54, 1.807) is 6.07 Å². The third-order valence-electron chi connectivity index (χ3n) is 7.27. The van der Waals surface area contributed by atoms with Crippen molar-refractivity contribution in [2.45, 2.75) is 71.1 Å². The Bertz CT molecular complexity index is 1180. The highest BCUT2D eigenvalue weighted by molar-refractivity contribution is 5.92. The van der Waals surface area contributed by atoms with Gasteiger partial charge in [0.25, 0.3) is 0 Å². The van der Waals surface area contributed by atoms with Crippen molar-refractivity contribution in [1.29, 1.82) is 0 Å². The standard InChI is InChI=1S/C29H33N3O2/c1-19-7-9-21(10-8-19)17-27(34)32-29-26(15-11-20-5-3-2-4-6-20)30-28-24-14-13-23(33)18-22(24)12-16-25(28)31-29/h7-10,13-14,18,20,33H,2-6,11-12,15-17H2,1H3,(H,31,32,34). The number of fused-ring (bicyclic) bond motifs is 3. The molecule has 5 nitrogen and oxygen atoms in total. The summed E-state index contributed by atoms with van der Waals surface area (Å²) in [5.41, 5.74) is 7.03. The molecular weight excluding hydrogens is 422 g/mol. The zero-order valence-corrected chi connectivity index (χ0v) is 19.9. The van der Waals surface area contributed by atoms with Crippen molar-refractivity contribution in [2.24, 2.45) is 5.92 Å². The molecule has 34 heavy (non-hydrogen) atoms. The third kappa shape index (κ3) is 5.14. The average Bonchev–Trinajstić information content (AvgIpc) is 2.84. The van der Waals surface area contributed by atoms with Gasteiger partial charge in [0.1, 0.15) is 5.75 Å². The summed E-state index contributed by atoms with van der Waals surface area (Å²) in [5.74, 6) is 1.58. The number of hydrogen-bond acceptors (Lipinski definition) is 4. The maximum atomic E-state index is 12.9. The van der Waals surface area contributed by atoms with Crippen molar-refractivity contribution in [2.75, 3.05) is 5.32 Å². The van der Waals surface area contributed by atoms with Crippen LogP contribution in [-0.4, -0.2) is 21.0 Å². The molecular formula is C29H33N3O2. The number of hydrogen-bond donors (Lipinski definition) is 2. The van der Waals surface area contributed by atoms with Crippen LogP contribution in [0.15, 0.2) is 42.5 Å². The first-order valence-electron chi connectivity index (χ1n) is 12.6. The number of carbonyl (C=O) groups is 1. The number of nitrogens with zero attached hydrogens (tertiary/aromatic N) is 2. The highest BCUT2D eigenvalue weighted by Gasteiger charge is 2.23. The van der Waals surface area contributed by atoms with Gasteiger partial charge in [0.15, 0.2) is 5.82 Å². The van der Waals surface area contributed by atoms with Gasteiger partial charge in [-0.05, 0) is 67.9 Å². The maximum Gasteiger partial charge on any atom is 0.229 e. The van der Waals surface area contributed by atoms with Crippen LogP contribution < -0.4 is 5.32 Å². The number of aromatic nitrogens is 2. The van der Waals surface area contributed by atoms with Gasteiger partial charge < -0.3 is 10.4 Å². The predicted octanol–water partition coefficient (Wildman–Crippen LogP) is 5.95. The Morgan fingerprint density at radius 1 is 1.03 bits per heavy atom. The van der Waals surface area contributed by atoms with Crippen LogP contribution in [0, 0.1) is 12.8 Å². The van der Waals surface area contributed by atoms with Gasteiger partial charge in [0.05, 0.1) is 23.5 Å². The van der Waals surface area contributed by atoms with E-state index >= 15 is 0 Å². The van der Waals surface area contributed by atoms with E-state index in [0.717, 1.165) is 65.4 Å². The van der Waals surface area contributed by atoms with E-state index in [4.69, 9.17) is 9.97 Å². The van der Waals surface area contributed by atoms with E-state index < -0.39 is 0 Å². The van der Waals surface area contributed by atoms with Crippen molar-refractivity contribution in [3.63, 3.8) is 0 Å². The predicted molar refractivity (Wildman–Crippen MR) is 135 cm³/mol. The highest BCUT2D eigenvalue weighted by Crippen LogP contribution is 2.35. The van der Waals surface area contributed by atoms with E-state index in [1.807, 2.05) is 43.3 Å². The highest BCUT2D eigenvalue weighted by atomic mass is 16.3. The number of amides is 1. The van der Waals surface area contributed by atoms with E-state index in [1.165, 1.54) is 37.7 Å². The van der Waals surface area contributed by atoms with Gasteiger partial charge in [0.2, 0.25) is 5.91 Å². The molecule has 5 heteroatoms.